The van der Waals surface area contributed by atoms with Gasteiger partial charge in [0.25, 0.3) is 0 Å². The van der Waals surface area contributed by atoms with Crippen molar-refractivity contribution in [2.24, 2.45) is 0 Å². The molecule has 2 heterocycles. The molecule has 1 amide bonds. The Hall–Kier alpha value is -2.13. The third-order valence-electron chi connectivity index (χ3n) is 3.99. The zero-order chi connectivity index (χ0) is 17.3. The van der Waals surface area contributed by atoms with Gasteiger partial charge in [-0.05, 0) is 24.6 Å². The van der Waals surface area contributed by atoms with Crippen molar-refractivity contribution in [1.82, 2.24) is 14.2 Å². The molecule has 1 aliphatic heterocycles. The monoisotopic (exact) mass is 353 g/mol. The molecule has 9 heteroatoms. The van der Waals surface area contributed by atoms with E-state index in [1.165, 1.54) is 28.4 Å². The van der Waals surface area contributed by atoms with Crippen LogP contribution < -0.4 is 0 Å². The molecule has 1 saturated heterocycles. The van der Waals surface area contributed by atoms with Crippen molar-refractivity contribution in [3.05, 3.63) is 24.1 Å². The molecule has 1 fully saturated rings. The number of aryl methyl sites for hydroxylation is 1. The van der Waals surface area contributed by atoms with Gasteiger partial charge in [-0.2, -0.15) is 4.31 Å². The van der Waals surface area contributed by atoms with Gasteiger partial charge in [0.05, 0.1) is 12.0 Å². The second kappa shape index (κ2) is 6.40. The van der Waals surface area contributed by atoms with Crippen LogP contribution in [0.4, 0.5) is 4.79 Å². The third kappa shape index (κ3) is 3.09. The lowest BCUT2D eigenvalue weighted by molar-refractivity contribution is 0.126. The van der Waals surface area contributed by atoms with E-state index in [-0.39, 0.29) is 11.4 Å². The molecule has 0 spiro atoms. The first-order valence-corrected chi connectivity index (χ1v) is 9.06. The quantitative estimate of drug-likeness (QED) is 0.814. The lowest BCUT2D eigenvalue weighted by Gasteiger charge is -2.21. The van der Waals surface area contributed by atoms with E-state index in [0.29, 0.717) is 43.0 Å². The summed E-state index contributed by atoms with van der Waals surface area (Å²) in [4.78, 5) is 17.5. The number of sulfonamides is 1. The minimum Gasteiger partial charge on any atom is -0.453 e. The molecule has 3 rings (SSSR count). The summed E-state index contributed by atoms with van der Waals surface area (Å²) in [5.74, 6) is 0.489. The van der Waals surface area contributed by atoms with E-state index in [1.807, 2.05) is 0 Å². The summed E-state index contributed by atoms with van der Waals surface area (Å²) >= 11 is 0. The van der Waals surface area contributed by atoms with E-state index >= 15 is 0 Å². The minimum atomic E-state index is -3.65. The van der Waals surface area contributed by atoms with Gasteiger partial charge in [-0.3, -0.25) is 0 Å². The van der Waals surface area contributed by atoms with Crippen molar-refractivity contribution >= 4 is 27.2 Å². The fraction of sp³-hybridized carbons (Fsp3) is 0.467. The topological polar surface area (TPSA) is 93.0 Å². The van der Waals surface area contributed by atoms with E-state index in [1.54, 1.807) is 13.0 Å². The predicted molar refractivity (Wildman–Crippen MR) is 86.1 cm³/mol. The van der Waals surface area contributed by atoms with Crippen molar-refractivity contribution in [2.75, 3.05) is 33.3 Å². The molecular weight excluding hydrogens is 334 g/mol. The van der Waals surface area contributed by atoms with Gasteiger partial charge in [-0.15, -0.1) is 0 Å². The summed E-state index contributed by atoms with van der Waals surface area (Å²) in [5.41, 5.74) is 1.07. The van der Waals surface area contributed by atoms with Crippen molar-refractivity contribution in [3.63, 3.8) is 0 Å². The van der Waals surface area contributed by atoms with Crippen LogP contribution in [0.25, 0.3) is 11.1 Å². The van der Waals surface area contributed by atoms with E-state index < -0.39 is 16.1 Å². The van der Waals surface area contributed by atoms with E-state index in [4.69, 9.17) is 9.15 Å². The number of hydrogen-bond donors (Lipinski definition) is 0. The Morgan fingerprint density at radius 2 is 2.04 bits per heavy atom. The molecule has 1 aromatic heterocycles. The number of carbonyl (C=O) groups is 1. The Labute approximate surface area is 140 Å². The van der Waals surface area contributed by atoms with Crippen LogP contribution in [-0.2, 0) is 14.8 Å². The van der Waals surface area contributed by atoms with Crippen LogP contribution >= 0.6 is 0 Å². The number of oxazole rings is 1. The average Bonchev–Trinajstić information content (AvgIpc) is 2.77. The van der Waals surface area contributed by atoms with Gasteiger partial charge in [0.15, 0.2) is 11.5 Å². The molecule has 8 nitrogen and oxygen atoms in total. The van der Waals surface area contributed by atoms with Crippen LogP contribution in [0.1, 0.15) is 12.3 Å². The van der Waals surface area contributed by atoms with Gasteiger partial charge in [-0.1, -0.05) is 0 Å². The molecule has 0 aliphatic carbocycles. The number of ether oxygens (including phenoxy) is 1. The SMILES string of the molecule is COC(=O)N1CCCN(S(=O)(=O)c2ccc3oc(C)nc3c2)CC1. The van der Waals surface area contributed by atoms with Crippen LogP contribution in [0.15, 0.2) is 27.5 Å². The summed E-state index contributed by atoms with van der Waals surface area (Å²) < 4.78 is 37.2. The number of fused-ring (bicyclic) bond motifs is 1. The fourth-order valence-corrected chi connectivity index (χ4v) is 4.27. The summed E-state index contributed by atoms with van der Waals surface area (Å²) in [6.07, 6.45) is 0.119. The summed E-state index contributed by atoms with van der Waals surface area (Å²) in [6.45, 7) is 3.07. The molecule has 0 bridgehead atoms. The van der Waals surface area contributed by atoms with Crippen LogP contribution in [0.2, 0.25) is 0 Å². The Balaban J connectivity index is 1.84. The number of carbonyl (C=O) groups excluding carboxylic acids is 1. The van der Waals surface area contributed by atoms with Gasteiger partial charge < -0.3 is 14.1 Å². The fourth-order valence-electron chi connectivity index (χ4n) is 2.78. The molecule has 0 atom stereocenters. The first-order chi connectivity index (χ1) is 11.4. The van der Waals surface area contributed by atoms with Crippen molar-refractivity contribution in [2.45, 2.75) is 18.2 Å². The average molecular weight is 353 g/mol. The van der Waals surface area contributed by atoms with Crippen LogP contribution in [0.5, 0.6) is 0 Å². The minimum absolute atomic E-state index is 0.176. The smallest absolute Gasteiger partial charge is 0.409 e. The molecule has 0 saturated carbocycles. The Bertz CT molecular complexity index is 861. The lowest BCUT2D eigenvalue weighted by atomic mass is 10.3. The van der Waals surface area contributed by atoms with E-state index in [0.717, 1.165) is 0 Å². The molecule has 0 N–H and O–H groups in total. The van der Waals surface area contributed by atoms with Crippen LogP contribution in [0, 0.1) is 6.92 Å². The standard InChI is InChI=1S/C15H19N3O5S/c1-11-16-13-10-12(4-5-14(13)23-11)24(20,21)18-7-3-6-17(8-9-18)15(19)22-2/h4-5,10H,3,6-9H2,1-2H3. The zero-order valence-electron chi connectivity index (χ0n) is 13.6. The number of methoxy groups -OCH3 is 1. The molecule has 0 radical (unpaired) electrons. The molecule has 1 aliphatic rings. The zero-order valence-corrected chi connectivity index (χ0v) is 14.4. The maximum atomic E-state index is 12.9. The van der Waals surface area contributed by atoms with Gasteiger partial charge in [0.1, 0.15) is 5.52 Å². The molecular formula is C15H19N3O5S. The molecule has 1 aromatic carbocycles. The largest absolute Gasteiger partial charge is 0.453 e. The molecule has 0 unspecified atom stereocenters. The number of nitrogens with zero attached hydrogens (tertiary/aromatic N) is 3. The highest BCUT2D eigenvalue weighted by atomic mass is 32.2. The first-order valence-electron chi connectivity index (χ1n) is 7.62. The maximum Gasteiger partial charge on any atom is 0.409 e. The summed E-state index contributed by atoms with van der Waals surface area (Å²) in [6, 6.07) is 4.65. The van der Waals surface area contributed by atoms with Gasteiger partial charge in [0, 0.05) is 33.1 Å². The number of benzene rings is 1. The highest BCUT2D eigenvalue weighted by molar-refractivity contribution is 7.89. The lowest BCUT2D eigenvalue weighted by Crippen LogP contribution is -2.37. The Morgan fingerprint density at radius 1 is 1.25 bits per heavy atom. The normalized spacial score (nSPS) is 17.0. The summed E-state index contributed by atoms with van der Waals surface area (Å²) in [7, 11) is -2.33. The number of amides is 1. The van der Waals surface area contributed by atoms with Crippen molar-refractivity contribution < 1.29 is 22.4 Å². The van der Waals surface area contributed by atoms with Gasteiger partial charge in [0.2, 0.25) is 10.0 Å². The first kappa shape index (κ1) is 16.7. The van der Waals surface area contributed by atoms with E-state index in [2.05, 4.69) is 4.98 Å². The Morgan fingerprint density at radius 3 is 2.79 bits per heavy atom. The molecule has 2 aromatic rings. The maximum absolute atomic E-state index is 12.9. The van der Waals surface area contributed by atoms with Crippen molar-refractivity contribution in [1.29, 1.82) is 0 Å². The molecule has 24 heavy (non-hydrogen) atoms. The highest BCUT2D eigenvalue weighted by Gasteiger charge is 2.29. The van der Waals surface area contributed by atoms with Gasteiger partial charge >= 0.3 is 6.09 Å². The predicted octanol–water partition coefficient (Wildman–Crippen LogP) is 1.60. The second-order valence-electron chi connectivity index (χ2n) is 5.58. The number of rotatable bonds is 2. The van der Waals surface area contributed by atoms with Gasteiger partial charge in [-0.25, -0.2) is 18.2 Å². The second-order valence-corrected chi connectivity index (χ2v) is 7.52. The Kier molecular flexibility index (Phi) is 4.46. The molecule has 130 valence electrons. The third-order valence-corrected chi connectivity index (χ3v) is 5.89. The highest BCUT2D eigenvalue weighted by Crippen LogP contribution is 2.23. The number of hydrogen-bond acceptors (Lipinski definition) is 6. The van der Waals surface area contributed by atoms with Crippen molar-refractivity contribution in [3.8, 4) is 0 Å². The summed E-state index contributed by atoms with van der Waals surface area (Å²) in [5, 5.41) is 0. The number of aromatic nitrogens is 1. The van der Waals surface area contributed by atoms with Crippen LogP contribution in [-0.4, -0.2) is 62.0 Å². The van der Waals surface area contributed by atoms with E-state index in [9.17, 15) is 13.2 Å². The van der Waals surface area contributed by atoms with Crippen LogP contribution in [0.3, 0.4) is 0 Å².